The van der Waals surface area contributed by atoms with Crippen LogP contribution in [0.5, 0.6) is 0 Å². The van der Waals surface area contributed by atoms with Crippen LogP contribution in [0.2, 0.25) is 0 Å². The van der Waals surface area contributed by atoms with Gasteiger partial charge in [-0.2, -0.15) is 0 Å². The van der Waals surface area contributed by atoms with E-state index in [1.54, 1.807) is 0 Å². The first-order valence-electron chi connectivity index (χ1n) is 9.87. The summed E-state index contributed by atoms with van der Waals surface area (Å²) in [4.78, 5) is 12.5. The van der Waals surface area contributed by atoms with Gasteiger partial charge < -0.3 is 9.73 Å². The zero-order valence-corrected chi connectivity index (χ0v) is 18.1. The lowest BCUT2D eigenvalue weighted by atomic mass is 9.95. The standard InChI is InChI=1S/C23H27N3O2S/c1-5-17-8-12-18(13-9-17)21(15(2)3)24-20(27)14-29-23-26-25-22(28-23)19-10-6-16(4)7-11-19/h6-13,15,21H,5,14H2,1-4H3,(H,24,27)/t21-/m0/s1. The predicted molar refractivity (Wildman–Crippen MR) is 117 cm³/mol. The lowest BCUT2D eigenvalue weighted by Gasteiger charge is -2.23. The summed E-state index contributed by atoms with van der Waals surface area (Å²) in [5.74, 6) is 0.923. The summed E-state index contributed by atoms with van der Waals surface area (Å²) in [6.45, 7) is 8.38. The molecule has 152 valence electrons. The van der Waals surface area contributed by atoms with Gasteiger partial charge in [0, 0.05) is 5.56 Å². The highest BCUT2D eigenvalue weighted by molar-refractivity contribution is 7.99. The molecule has 0 unspecified atom stereocenters. The minimum atomic E-state index is -0.0525. The lowest BCUT2D eigenvalue weighted by Crippen LogP contribution is -2.33. The van der Waals surface area contributed by atoms with Gasteiger partial charge in [0.2, 0.25) is 11.8 Å². The summed E-state index contributed by atoms with van der Waals surface area (Å²) in [6, 6.07) is 16.3. The topological polar surface area (TPSA) is 68.0 Å². The van der Waals surface area contributed by atoms with Crippen LogP contribution in [-0.2, 0) is 11.2 Å². The van der Waals surface area contributed by atoms with Crippen LogP contribution in [0.15, 0.2) is 58.2 Å². The summed E-state index contributed by atoms with van der Waals surface area (Å²) in [5.41, 5.74) is 4.45. The van der Waals surface area contributed by atoms with E-state index in [0.29, 0.717) is 11.1 Å². The van der Waals surface area contributed by atoms with Gasteiger partial charge in [0.1, 0.15) is 0 Å². The van der Waals surface area contributed by atoms with E-state index in [0.717, 1.165) is 17.5 Å². The average Bonchev–Trinajstić information content (AvgIpc) is 3.20. The molecule has 29 heavy (non-hydrogen) atoms. The molecule has 1 amide bonds. The van der Waals surface area contributed by atoms with Crippen molar-refractivity contribution in [2.24, 2.45) is 5.92 Å². The molecule has 1 N–H and O–H groups in total. The molecular weight excluding hydrogens is 382 g/mol. The third-order valence-corrected chi connectivity index (χ3v) is 5.58. The van der Waals surface area contributed by atoms with Crippen molar-refractivity contribution in [2.45, 2.75) is 45.4 Å². The lowest BCUT2D eigenvalue weighted by molar-refractivity contribution is -0.119. The molecule has 3 aromatic rings. The number of rotatable bonds is 8. The monoisotopic (exact) mass is 409 g/mol. The highest BCUT2D eigenvalue weighted by Gasteiger charge is 2.19. The number of aromatic nitrogens is 2. The number of carbonyl (C=O) groups is 1. The normalized spacial score (nSPS) is 12.2. The zero-order valence-electron chi connectivity index (χ0n) is 17.3. The zero-order chi connectivity index (χ0) is 20.8. The maximum atomic E-state index is 12.5. The van der Waals surface area contributed by atoms with Gasteiger partial charge in [0.25, 0.3) is 5.22 Å². The smallest absolute Gasteiger partial charge is 0.277 e. The maximum Gasteiger partial charge on any atom is 0.277 e. The number of carbonyl (C=O) groups excluding carboxylic acids is 1. The molecule has 3 rings (SSSR count). The number of thioether (sulfide) groups is 1. The Kier molecular flexibility index (Phi) is 7.09. The van der Waals surface area contributed by atoms with Gasteiger partial charge in [-0.15, -0.1) is 10.2 Å². The molecule has 1 atom stereocenters. The predicted octanol–water partition coefficient (Wildman–Crippen LogP) is 5.21. The van der Waals surface area contributed by atoms with Crippen molar-refractivity contribution in [2.75, 3.05) is 5.75 Å². The van der Waals surface area contributed by atoms with Crippen LogP contribution in [0.3, 0.4) is 0 Å². The van der Waals surface area contributed by atoms with Gasteiger partial charge in [-0.05, 0) is 42.5 Å². The molecule has 0 spiro atoms. The first-order valence-corrected chi connectivity index (χ1v) is 10.9. The molecule has 0 aliphatic heterocycles. The second kappa shape index (κ2) is 9.74. The molecule has 5 nitrogen and oxygen atoms in total. The Hall–Kier alpha value is -2.60. The second-order valence-corrected chi connectivity index (χ2v) is 8.34. The Morgan fingerprint density at radius 1 is 1.07 bits per heavy atom. The fraction of sp³-hybridized carbons (Fsp3) is 0.348. The van der Waals surface area contributed by atoms with Gasteiger partial charge in [-0.3, -0.25) is 4.79 Å². The minimum absolute atomic E-state index is 0.0280. The minimum Gasteiger partial charge on any atom is -0.411 e. The van der Waals surface area contributed by atoms with E-state index >= 15 is 0 Å². The number of hydrogen-bond donors (Lipinski definition) is 1. The molecule has 6 heteroatoms. The number of aryl methyl sites for hydroxylation is 2. The Balaban J connectivity index is 1.58. The molecule has 1 heterocycles. The average molecular weight is 410 g/mol. The van der Waals surface area contributed by atoms with Crippen molar-refractivity contribution in [3.05, 3.63) is 65.2 Å². The number of benzene rings is 2. The molecule has 1 aromatic heterocycles. The van der Waals surface area contributed by atoms with Gasteiger partial charge in [-0.1, -0.05) is 74.5 Å². The van der Waals surface area contributed by atoms with Gasteiger partial charge in [-0.25, -0.2) is 0 Å². The molecule has 0 bridgehead atoms. The fourth-order valence-electron chi connectivity index (χ4n) is 3.02. The Morgan fingerprint density at radius 3 is 2.38 bits per heavy atom. The van der Waals surface area contributed by atoms with E-state index in [2.05, 4.69) is 60.6 Å². The van der Waals surface area contributed by atoms with Crippen molar-refractivity contribution in [1.82, 2.24) is 15.5 Å². The van der Waals surface area contributed by atoms with E-state index in [4.69, 9.17) is 4.42 Å². The molecule has 0 saturated carbocycles. The number of hydrogen-bond acceptors (Lipinski definition) is 5. The van der Waals surface area contributed by atoms with Crippen LogP contribution in [0.1, 0.15) is 43.5 Å². The molecular formula is C23H27N3O2S. The SMILES string of the molecule is CCc1ccc([C@@H](NC(=O)CSc2nnc(-c3ccc(C)cc3)o2)C(C)C)cc1. The summed E-state index contributed by atoms with van der Waals surface area (Å²) in [5, 5.41) is 11.7. The molecule has 0 radical (unpaired) electrons. The van der Waals surface area contributed by atoms with Gasteiger partial charge in [0.05, 0.1) is 11.8 Å². The fourth-order valence-corrected chi connectivity index (χ4v) is 3.59. The van der Waals surface area contributed by atoms with Crippen LogP contribution in [-0.4, -0.2) is 21.9 Å². The number of nitrogens with zero attached hydrogens (tertiary/aromatic N) is 2. The summed E-state index contributed by atoms with van der Waals surface area (Å²) in [6.07, 6.45) is 1.00. The van der Waals surface area contributed by atoms with Crippen LogP contribution < -0.4 is 5.32 Å². The van der Waals surface area contributed by atoms with E-state index in [-0.39, 0.29) is 23.6 Å². The molecule has 0 aliphatic rings. The molecule has 0 aliphatic carbocycles. The molecule has 2 aromatic carbocycles. The Bertz CT molecular complexity index is 934. The maximum absolute atomic E-state index is 12.5. The van der Waals surface area contributed by atoms with Crippen LogP contribution in [0.25, 0.3) is 11.5 Å². The van der Waals surface area contributed by atoms with Crippen LogP contribution >= 0.6 is 11.8 Å². The quantitative estimate of drug-likeness (QED) is 0.517. The van der Waals surface area contributed by atoms with Crippen LogP contribution in [0, 0.1) is 12.8 Å². The molecule has 0 fully saturated rings. The summed E-state index contributed by atoms with van der Waals surface area (Å²) < 4.78 is 5.68. The van der Waals surface area contributed by atoms with Crippen molar-refractivity contribution in [3.63, 3.8) is 0 Å². The summed E-state index contributed by atoms with van der Waals surface area (Å²) in [7, 11) is 0. The van der Waals surface area contributed by atoms with Crippen molar-refractivity contribution < 1.29 is 9.21 Å². The van der Waals surface area contributed by atoms with Gasteiger partial charge in [0.15, 0.2) is 0 Å². The van der Waals surface area contributed by atoms with E-state index in [1.165, 1.54) is 22.9 Å². The largest absolute Gasteiger partial charge is 0.411 e. The Morgan fingerprint density at radius 2 is 1.76 bits per heavy atom. The van der Waals surface area contributed by atoms with Crippen LogP contribution in [0.4, 0.5) is 0 Å². The highest BCUT2D eigenvalue weighted by atomic mass is 32.2. The number of amides is 1. The van der Waals surface area contributed by atoms with E-state index in [1.807, 2.05) is 31.2 Å². The Labute approximate surface area is 176 Å². The van der Waals surface area contributed by atoms with Crippen molar-refractivity contribution in [1.29, 1.82) is 0 Å². The van der Waals surface area contributed by atoms with E-state index < -0.39 is 0 Å². The van der Waals surface area contributed by atoms with E-state index in [9.17, 15) is 4.79 Å². The van der Waals surface area contributed by atoms with Crippen molar-refractivity contribution in [3.8, 4) is 11.5 Å². The first-order chi connectivity index (χ1) is 14.0. The summed E-state index contributed by atoms with van der Waals surface area (Å²) >= 11 is 1.25. The first kappa shape index (κ1) is 21.1. The third kappa shape index (κ3) is 5.70. The van der Waals surface area contributed by atoms with Gasteiger partial charge >= 0.3 is 0 Å². The van der Waals surface area contributed by atoms with Crippen molar-refractivity contribution >= 4 is 17.7 Å². The highest BCUT2D eigenvalue weighted by Crippen LogP contribution is 2.25. The number of nitrogens with one attached hydrogen (secondary N) is 1. The second-order valence-electron chi connectivity index (χ2n) is 7.41. The molecule has 0 saturated heterocycles. The third-order valence-electron chi connectivity index (χ3n) is 4.76.